The third kappa shape index (κ3) is 3.85. The monoisotopic (exact) mass is 430 g/mol. The van der Waals surface area contributed by atoms with Gasteiger partial charge in [-0.15, -0.1) is 0 Å². The molecule has 3 N–H and O–H groups in total. The van der Waals surface area contributed by atoms with Gasteiger partial charge in [-0.1, -0.05) is 12.1 Å². The number of likely N-dealkylation sites (tertiary alicyclic amines) is 1. The van der Waals surface area contributed by atoms with E-state index in [4.69, 9.17) is 5.73 Å². The molecule has 2 amide bonds. The molecule has 1 aliphatic heterocycles. The van der Waals surface area contributed by atoms with Gasteiger partial charge < -0.3 is 16.0 Å². The van der Waals surface area contributed by atoms with Crippen LogP contribution in [0.15, 0.2) is 36.7 Å². The number of nitrogens with zero attached hydrogens (tertiary/aromatic N) is 4. The van der Waals surface area contributed by atoms with Gasteiger partial charge in [0.05, 0.1) is 12.0 Å². The Balaban J connectivity index is 1.79. The molecule has 2 aromatic heterocycles. The molecule has 1 aliphatic rings. The first-order valence-corrected chi connectivity index (χ1v) is 9.73. The number of rotatable bonds is 3. The molecule has 0 spiro atoms. The molecule has 3 heterocycles. The normalized spacial score (nSPS) is 19.1. The van der Waals surface area contributed by atoms with Crippen LogP contribution in [0.2, 0.25) is 0 Å². The molecule has 0 aliphatic carbocycles. The maximum absolute atomic E-state index is 13.7. The van der Waals surface area contributed by atoms with E-state index in [0.29, 0.717) is 22.5 Å². The lowest BCUT2D eigenvalue weighted by Crippen LogP contribution is -2.38. The maximum Gasteiger partial charge on any atom is 0.394 e. The Morgan fingerprint density at radius 2 is 2.00 bits per heavy atom. The van der Waals surface area contributed by atoms with Crippen molar-refractivity contribution in [3.8, 4) is 11.1 Å². The molecule has 0 radical (unpaired) electrons. The van der Waals surface area contributed by atoms with Crippen LogP contribution in [0.1, 0.15) is 23.6 Å². The molecule has 7 nitrogen and oxygen atoms in total. The van der Waals surface area contributed by atoms with E-state index in [-0.39, 0.29) is 13.0 Å². The van der Waals surface area contributed by atoms with Crippen molar-refractivity contribution >= 4 is 23.0 Å². The van der Waals surface area contributed by atoms with Crippen molar-refractivity contribution in [2.24, 2.45) is 11.7 Å². The third-order valence-corrected chi connectivity index (χ3v) is 5.67. The minimum atomic E-state index is -4.44. The van der Waals surface area contributed by atoms with Crippen LogP contribution in [0.3, 0.4) is 0 Å². The number of carbonyl (C=O) groups excluding carboxylic acids is 1. The number of amides is 2. The highest BCUT2D eigenvalue weighted by Gasteiger charge is 2.51. The number of halogens is 3. The van der Waals surface area contributed by atoms with Crippen molar-refractivity contribution in [2.45, 2.75) is 25.6 Å². The number of pyridine rings is 1. The Bertz CT molecular complexity index is 1150. The quantitative estimate of drug-likeness (QED) is 0.654. The molecule has 162 valence electrons. The summed E-state index contributed by atoms with van der Waals surface area (Å²) in [4.78, 5) is 25.8. The zero-order chi connectivity index (χ0) is 22.3. The summed E-state index contributed by atoms with van der Waals surface area (Å²) < 4.78 is 41.0. The van der Waals surface area contributed by atoms with Crippen molar-refractivity contribution in [1.29, 1.82) is 0 Å². The number of nitrogens with two attached hydrogens (primary N) is 1. The van der Waals surface area contributed by atoms with Crippen LogP contribution in [-0.4, -0.2) is 45.7 Å². The zero-order valence-electron chi connectivity index (χ0n) is 16.9. The summed E-state index contributed by atoms with van der Waals surface area (Å²) in [7, 11) is 1.71. The van der Waals surface area contributed by atoms with Crippen LogP contribution in [0.25, 0.3) is 22.2 Å². The number of fused-ring (bicyclic) bond motifs is 1. The lowest BCUT2D eigenvalue weighted by Gasteiger charge is -2.29. The molecule has 0 bridgehead atoms. The van der Waals surface area contributed by atoms with Gasteiger partial charge in [-0.2, -0.15) is 18.2 Å². The molecule has 1 fully saturated rings. The van der Waals surface area contributed by atoms with Crippen molar-refractivity contribution in [3.63, 3.8) is 0 Å². The molecule has 0 saturated carbocycles. The highest BCUT2D eigenvalue weighted by molar-refractivity contribution is 5.82. The minimum Gasteiger partial charge on any atom is -0.357 e. The number of aryl methyl sites for hydroxylation is 1. The van der Waals surface area contributed by atoms with E-state index in [1.807, 2.05) is 13.0 Å². The van der Waals surface area contributed by atoms with E-state index in [9.17, 15) is 18.0 Å². The fraction of sp³-hybridized carbons (Fsp3) is 0.333. The lowest BCUT2D eigenvalue weighted by molar-refractivity contribution is -0.179. The molecule has 4 rings (SSSR count). The van der Waals surface area contributed by atoms with E-state index in [0.717, 1.165) is 21.6 Å². The number of alkyl halides is 3. The minimum absolute atomic E-state index is 0.0317. The highest BCUT2D eigenvalue weighted by atomic mass is 19.4. The molecule has 1 aromatic carbocycles. The average molecular weight is 430 g/mol. The van der Waals surface area contributed by atoms with Gasteiger partial charge in [0.15, 0.2) is 5.65 Å². The Morgan fingerprint density at radius 1 is 1.23 bits per heavy atom. The molecule has 10 heteroatoms. The summed E-state index contributed by atoms with van der Waals surface area (Å²) in [6.07, 6.45) is -1.35. The van der Waals surface area contributed by atoms with E-state index >= 15 is 0 Å². The highest BCUT2D eigenvalue weighted by Crippen LogP contribution is 2.47. The smallest absolute Gasteiger partial charge is 0.357 e. The topological polar surface area (TPSA) is 97.0 Å². The standard InChI is InChI=1S/C21H21F3N6O/c1-11-3-4-12(17-16(21(22,23)24)5-6-30(17)19(25)31)8-15(11)13-7-14-10-28-20(26-2)29-18(14)27-9-13/h3-4,7-10,16-17H,5-6H2,1-2H3,(H2,25,31)(H,26,27,28,29)/t16-,17?/m1/s1. The fourth-order valence-corrected chi connectivity index (χ4v) is 4.12. The van der Waals surface area contributed by atoms with Crippen molar-refractivity contribution in [2.75, 3.05) is 18.9 Å². The fourth-order valence-electron chi connectivity index (χ4n) is 4.12. The number of carbonyl (C=O) groups is 1. The molecule has 2 atom stereocenters. The zero-order valence-corrected chi connectivity index (χ0v) is 16.9. The Hall–Kier alpha value is -3.43. The lowest BCUT2D eigenvalue weighted by atomic mass is 9.89. The summed E-state index contributed by atoms with van der Waals surface area (Å²) in [6, 6.07) is 4.89. The largest absolute Gasteiger partial charge is 0.394 e. The average Bonchev–Trinajstić information content (AvgIpc) is 3.19. The van der Waals surface area contributed by atoms with Crippen LogP contribution in [0.5, 0.6) is 0 Å². The van der Waals surface area contributed by atoms with E-state index < -0.39 is 24.2 Å². The summed E-state index contributed by atoms with van der Waals surface area (Å²) >= 11 is 0. The Kier molecular flexibility index (Phi) is 5.16. The van der Waals surface area contributed by atoms with Gasteiger partial charge in [-0.25, -0.2) is 14.8 Å². The molecule has 1 unspecified atom stereocenters. The maximum atomic E-state index is 13.7. The molecule has 1 saturated heterocycles. The van der Waals surface area contributed by atoms with E-state index in [2.05, 4.69) is 20.3 Å². The summed E-state index contributed by atoms with van der Waals surface area (Å²) in [6.45, 7) is 1.84. The van der Waals surface area contributed by atoms with Crippen molar-refractivity contribution < 1.29 is 18.0 Å². The van der Waals surface area contributed by atoms with Crippen LogP contribution >= 0.6 is 0 Å². The van der Waals surface area contributed by atoms with Gasteiger partial charge in [-0.05, 0) is 42.2 Å². The second-order valence-corrected chi connectivity index (χ2v) is 7.57. The van der Waals surface area contributed by atoms with Gasteiger partial charge in [0.2, 0.25) is 5.95 Å². The second kappa shape index (κ2) is 7.68. The first-order chi connectivity index (χ1) is 14.7. The van der Waals surface area contributed by atoms with Gasteiger partial charge in [0, 0.05) is 36.9 Å². The number of aromatic nitrogens is 3. The molecule has 31 heavy (non-hydrogen) atoms. The summed E-state index contributed by atoms with van der Waals surface area (Å²) in [5.74, 6) is -1.23. The SMILES string of the molecule is CNc1ncc2cc(-c3cc(C4[C@H](C(F)(F)F)CCN4C(N)=O)ccc3C)cnc2n1. The summed E-state index contributed by atoms with van der Waals surface area (Å²) in [5, 5.41) is 3.55. The van der Waals surface area contributed by atoms with Crippen LogP contribution in [0, 0.1) is 12.8 Å². The first kappa shape index (κ1) is 20.8. The summed E-state index contributed by atoms with van der Waals surface area (Å²) in [5.41, 5.74) is 8.59. The van der Waals surface area contributed by atoms with Crippen molar-refractivity contribution in [1.82, 2.24) is 19.9 Å². The number of anilines is 1. The van der Waals surface area contributed by atoms with Gasteiger partial charge in [-0.3, -0.25) is 0 Å². The molecular weight excluding hydrogens is 409 g/mol. The Labute approximate surface area is 176 Å². The Morgan fingerprint density at radius 3 is 2.68 bits per heavy atom. The van der Waals surface area contributed by atoms with Gasteiger partial charge >= 0.3 is 12.2 Å². The van der Waals surface area contributed by atoms with E-state index in [1.54, 1.807) is 37.6 Å². The molecular formula is C21H21F3N6O. The number of nitrogens with one attached hydrogen (secondary N) is 1. The van der Waals surface area contributed by atoms with Crippen LogP contribution in [0.4, 0.5) is 23.9 Å². The van der Waals surface area contributed by atoms with Crippen LogP contribution < -0.4 is 11.1 Å². The van der Waals surface area contributed by atoms with E-state index in [1.165, 1.54) is 0 Å². The predicted molar refractivity (Wildman–Crippen MR) is 110 cm³/mol. The van der Waals surface area contributed by atoms with Crippen molar-refractivity contribution in [3.05, 3.63) is 47.8 Å². The van der Waals surface area contributed by atoms with Crippen LogP contribution in [-0.2, 0) is 0 Å². The number of benzene rings is 1. The third-order valence-electron chi connectivity index (χ3n) is 5.67. The number of hydrogen-bond donors (Lipinski definition) is 2. The second-order valence-electron chi connectivity index (χ2n) is 7.57. The predicted octanol–water partition coefficient (Wildman–Crippen LogP) is 4.05. The van der Waals surface area contributed by atoms with Gasteiger partial charge in [0.25, 0.3) is 0 Å². The number of urea groups is 1. The first-order valence-electron chi connectivity index (χ1n) is 9.73. The number of hydrogen-bond acceptors (Lipinski definition) is 5. The molecule has 3 aromatic rings. The van der Waals surface area contributed by atoms with Gasteiger partial charge in [0.1, 0.15) is 0 Å². The number of primary amides is 1.